The van der Waals surface area contributed by atoms with Gasteiger partial charge in [0.1, 0.15) is 5.75 Å². The van der Waals surface area contributed by atoms with Crippen molar-refractivity contribution in [2.75, 3.05) is 13.2 Å². The first kappa shape index (κ1) is 11.8. The van der Waals surface area contributed by atoms with Crippen LogP contribution in [0, 0.1) is 0 Å². The molecule has 0 bridgehead atoms. The summed E-state index contributed by atoms with van der Waals surface area (Å²) < 4.78 is 5.59. The Balaban J connectivity index is 2.36. The van der Waals surface area contributed by atoms with Gasteiger partial charge in [-0.15, -0.1) is 0 Å². The van der Waals surface area contributed by atoms with Crippen LogP contribution in [-0.2, 0) is 6.61 Å². The van der Waals surface area contributed by atoms with Crippen molar-refractivity contribution in [3.63, 3.8) is 0 Å². The van der Waals surface area contributed by atoms with E-state index in [-0.39, 0.29) is 13.2 Å². The monoisotopic (exact) mass is 233 g/mol. The number of hydrogen-bond donors (Lipinski definition) is 2. The van der Waals surface area contributed by atoms with E-state index in [0.717, 1.165) is 10.9 Å². The SMILES string of the molecule is OCCCOc1cc(CO)nc2ccccc12. The van der Waals surface area contributed by atoms with Gasteiger partial charge < -0.3 is 14.9 Å². The van der Waals surface area contributed by atoms with Crippen LogP contribution >= 0.6 is 0 Å². The Morgan fingerprint density at radius 2 is 2.00 bits per heavy atom. The minimum absolute atomic E-state index is 0.107. The Morgan fingerprint density at radius 3 is 2.76 bits per heavy atom. The number of fused-ring (bicyclic) bond motifs is 1. The van der Waals surface area contributed by atoms with Crippen LogP contribution in [0.5, 0.6) is 5.75 Å². The fourth-order valence-electron chi connectivity index (χ4n) is 1.64. The number of pyridine rings is 1. The van der Waals surface area contributed by atoms with Crippen LogP contribution in [0.1, 0.15) is 12.1 Å². The van der Waals surface area contributed by atoms with Gasteiger partial charge in [-0.3, -0.25) is 4.98 Å². The molecule has 2 N–H and O–H groups in total. The van der Waals surface area contributed by atoms with Crippen molar-refractivity contribution < 1.29 is 14.9 Å². The summed E-state index contributed by atoms with van der Waals surface area (Å²) in [7, 11) is 0. The van der Waals surface area contributed by atoms with E-state index in [1.807, 2.05) is 24.3 Å². The molecule has 0 amide bonds. The van der Waals surface area contributed by atoms with E-state index in [1.165, 1.54) is 0 Å². The predicted octanol–water partition coefficient (Wildman–Crippen LogP) is 1.49. The lowest BCUT2D eigenvalue weighted by atomic mass is 10.2. The summed E-state index contributed by atoms with van der Waals surface area (Å²) in [5.74, 6) is 0.702. The average Bonchev–Trinajstić information content (AvgIpc) is 2.38. The second kappa shape index (κ2) is 5.61. The Kier molecular flexibility index (Phi) is 3.90. The zero-order chi connectivity index (χ0) is 12.1. The molecular formula is C13H15NO3. The van der Waals surface area contributed by atoms with Crippen molar-refractivity contribution >= 4 is 10.9 Å². The van der Waals surface area contributed by atoms with Crippen LogP contribution in [0.15, 0.2) is 30.3 Å². The summed E-state index contributed by atoms with van der Waals surface area (Å²) in [5, 5.41) is 18.8. The standard InChI is InChI=1S/C13H15NO3/c15-6-3-7-17-13-8-10(9-16)14-12-5-2-1-4-11(12)13/h1-2,4-5,8,15-16H,3,6-7,9H2. The van der Waals surface area contributed by atoms with Crippen molar-refractivity contribution in [1.29, 1.82) is 0 Å². The molecule has 0 aliphatic heterocycles. The third-order valence-corrected chi connectivity index (χ3v) is 2.45. The van der Waals surface area contributed by atoms with Gasteiger partial charge >= 0.3 is 0 Å². The molecule has 90 valence electrons. The van der Waals surface area contributed by atoms with E-state index in [9.17, 15) is 0 Å². The quantitative estimate of drug-likeness (QED) is 0.768. The fourth-order valence-corrected chi connectivity index (χ4v) is 1.64. The molecule has 0 atom stereocenters. The average molecular weight is 233 g/mol. The lowest BCUT2D eigenvalue weighted by molar-refractivity contribution is 0.234. The van der Waals surface area contributed by atoms with Crippen LogP contribution in [0.4, 0.5) is 0 Å². The maximum Gasteiger partial charge on any atom is 0.130 e. The van der Waals surface area contributed by atoms with Crippen molar-refractivity contribution in [2.24, 2.45) is 0 Å². The molecule has 17 heavy (non-hydrogen) atoms. The second-order valence-corrected chi connectivity index (χ2v) is 3.71. The van der Waals surface area contributed by atoms with E-state index < -0.39 is 0 Å². The van der Waals surface area contributed by atoms with Crippen molar-refractivity contribution in [3.05, 3.63) is 36.0 Å². The Labute approximate surface area is 99.5 Å². The molecule has 0 saturated heterocycles. The van der Waals surface area contributed by atoms with Crippen molar-refractivity contribution in [3.8, 4) is 5.75 Å². The molecule has 1 aromatic carbocycles. The number of ether oxygens (including phenoxy) is 1. The van der Waals surface area contributed by atoms with Gasteiger partial charge in [0.25, 0.3) is 0 Å². The Morgan fingerprint density at radius 1 is 1.18 bits per heavy atom. The van der Waals surface area contributed by atoms with Gasteiger partial charge in [-0.25, -0.2) is 0 Å². The highest BCUT2D eigenvalue weighted by molar-refractivity contribution is 5.85. The Bertz CT molecular complexity index is 499. The molecule has 0 saturated carbocycles. The summed E-state index contributed by atoms with van der Waals surface area (Å²) in [4.78, 5) is 4.30. The number of benzene rings is 1. The van der Waals surface area contributed by atoms with Crippen LogP contribution in [0.3, 0.4) is 0 Å². The smallest absolute Gasteiger partial charge is 0.130 e. The Hall–Kier alpha value is -1.65. The maximum atomic E-state index is 9.14. The molecule has 2 rings (SSSR count). The summed E-state index contributed by atoms with van der Waals surface area (Å²) in [5.41, 5.74) is 1.39. The van der Waals surface area contributed by atoms with Crippen LogP contribution in [0.2, 0.25) is 0 Å². The van der Waals surface area contributed by atoms with Crippen LogP contribution in [0.25, 0.3) is 10.9 Å². The lowest BCUT2D eigenvalue weighted by Crippen LogP contribution is -2.02. The maximum absolute atomic E-state index is 9.14. The van der Waals surface area contributed by atoms with Gasteiger partial charge in [0.2, 0.25) is 0 Å². The minimum Gasteiger partial charge on any atom is -0.493 e. The van der Waals surface area contributed by atoms with E-state index in [0.29, 0.717) is 24.5 Å². The highest BCUT2D eigenvalue weighted by atomic mass is 16.5. The zero-order valence-corrected chi connectivity index (χ0v) is 9.47. The fraction of sp³-hybridized carbons (Fsp3) is 0.308. The molecule has 0 spiro atoms. The molecule has 0 fully saturated rings. The highest BCUT2D eigenvalue weighted by Crippen LogP contribution is 2.25. The van der Waals surface area contributed by atoms with Crippen LogP contribution < -0.4 is 4.74 Å². The number of aromatic nitrogens is 1. The normalized spacial score (nSPS) is 10.7. The highest BCUT2D eigenvalue weighted by Gasteiger charge is 2.05. The first-order valence-electron chi connectivity index (χ1n) is 5.58. The molecule has 0 aliphatic carbocycles. The first-order valence-corrected chi connectivity index (χ1v) is 5.58. The molecule has 2 aromatic rings. The summed E-state index contributed by atoms with van der Waals surface area (Å²) in [6, 6.07) is 9.36. The summed E-state index contributed by atoms with van der Waals surface area (Å²) >= 11 is 0. The molecule has 0 unspecified atom stereocenters. The number of rotatable bonds is 5. The molecule has 1 heterocycles. The van der Waals surface area contributed by atoms with Crippen LogP contribution in [-0.4, -0.2) is 28.4 Å². The second-order valence-electron chi connectivity index (χ2n) is 3.71. The number of para-hydroxylation sites is 1. The first-order chi connectivity index (χ1) is 8.35. The molecular weight excluding hydrogens is 218 g/mol. The predicted molar refractivity (Wildman–Crippen MR) is 64.9 cm³/mol. The van der Waals surface area contributed by atoms with Gasteiger partial charge in [0.15, 0.2) is 0 Å². The van der Waals surface area contributed by atoms with Gasteiger partial charge in [0, 0.05) is 24.5 Å². The van der Waals surface area contributed by atoms with Crippen molar-refractivity contribution in [2.45, 2.75) is 13.0 Å². The summed E-state index contributed by atoms with van der Waals surface area (Å²) in [6.07, 6.45) is 0.588. The summed E-state index contributed by atoms with van der Waals surface area (Å²) in [6.45, 7) is 0.451. The van der Waals surface area contributed by atoms with E-state index >= 15 is 0 Å². The number of hydrogen-bond acceptors (Lipinski definition) is 4. The van der Waals surface area contributed by atoms with Gasteiger partial charge in [0.05, 0.1) is 24.4 Å². The molecule has 4 heteroatoms. The topological polar surface area (TPSA) is 62.6 Å². The molecule has 4 nitrogen and oxygen atoms in total. The van der Waals surface area contributed by atoms with Gasteiger partial charge in [-0.1, -0.05) is 12.1 Å². The number of aliphatic hydroxyl groups excluding tert-OH is 2. The molecule has 0 aliphatic rings. The number of aliphatic hydroxyl groups is 2. The molecule has 0 radical (unpaired) electrons. The van der Waals surface area contributed by atoms with Gasteiger partial charge in [-0.2, -0.15) is 0 Å². The minimum atomic E-state index is -0.110. The third kappa shape index (κ3) is 2.72. The zero-order valence-electron chi connectivity index (χ0n) is 9.47. The number of nitrogens with zero attached hydrogens (tertiary/aromatic N) is 1. The van der Waals surface area contributed by atoms with E-state index in [4.69, 9.17) is 14.9 Å². The largest absolute Gasteiger partial charge is 0.493 e. The van der Waals surface area contributed by atoms with E-state index in [2.05, 4.69) is 4.98 Å². The lowest BCUT2D eigenvalue weighted by Gasteiger charge is -2.10. The molecule has 1 aromatic heterocycles. The van der Waals surface area contributed by atoms with Crippen molar-refractivity contribution in [1.82, 2.24) is 4.98 Å². The van der Waals surface area contributed by atoms with Gasteiger partial charge in [-0.05, 0) is 12.1 Å². The van der Waals surface area contributed by atoms with E-state index in [1.54, 1.807) is 6.07 Å². The third-order valence-electron chi connectivity index (χ3n) is 2.45.